The van der Waals surface area contributed by atoms with E-state index < -0.39 is 47.4 Å². The summed E-state index contributed by atoms with van der Waals surface area (Å²) in [6.07, 6.45) is 1.62. The molecule has 4 rings (SSSR count). The van der Waals surface area contributed by atoms with E-state index in [1.54, 1.807) is 48.5 Å². The fraction of sp³-hybridized carbons (Fsp3) is 0.326. The molecule has 0 aliphatic rings. The summed E-state index contributed by atoms with van der Waals surface area (Å²) in [7, 11) is 0. The monoisotopic (exact) mass is 778 g/mol. The number of hydrogen-bond acceptors (Lipinski definition) is 9. The van der Waals surface area contributed by atoms with Crippen LogP contribution in [0.25, 0.3) is 22.3 Å². The molecule has 57 heavy (non-hydrogen) atoms. The molecule has 0 fully saturated rings. The van der Waals surface area contributed by atoms with Crippen molar-refractivity contribution in [1.82, 2.24) is 10.6 Å². The third kappa shape index (κ3) is 17.4. The summed E-state index contributed by atoms with van der Waals surface area (Å²) in [5.41, 5.74) is 4.99. The Morgan fingerprint density at radius 2 is 0.982 bits per heavy atom. The molecule has 0 aliphatic carbocycles. The van der Waals surface area contributed by atoms with Gasteiger partial charge in [-0.05, 0) is 101 Å². The maximum atomic E-state index is 12.4. The number of alkyl carbamates (subject to hydrolysis) is 2. The molecule has 2 N–H and O–H groups in total. The number of ether oxygens (including phenoxy) is 4. The second-order valence-corrected chi connectivity index (χ2v) is 15.0. The lowest BCUT2D eigenvalue weighted by Crippen LogP contribution is -2.41. The maximum absolute atomic E-state index is 12.4. The van der Waals surface area contributed by atoms with Crippen molar-refractivity contribution in [2.45, 2.75) is 91.5 Å². The van der Waals surface area contributed by atoms with Crippen molar-refractivity contribution in [2.75, 3.05) is 6.61 Å². The van der Waals surface area contributed by atoms with E-state index in [4.69, 9.17) is 18.9 Å². The molecule has 0 saturated heterocycles. The molecule has 0 aliphatic heterocycles. The van der Waals surface area contributed by atoms with Crippen molar-refractivity contribution in [3.05, 3.63) is 132 Å². The van der Waals surface area contributed by atoms with Crippen molar-refractivity contribution in [2.24, 2.45) is 0 Å². The number of carbonyl (C=O) groups is 5. The first-order valence-corrected chi connectivity index (χ1v) is 18.7. The van der Waals surface area contributed by atoms with Gasteiger partial charge in [0.05, 0.1) is 18.7 Å². The van der Waals surface area contributed by atoms with Gasteiger partial charge in [0.2, 0.25) is 5.76 Å². The Morgan fingerprint density at radius 3 is 1.35 bits per heavy atom. The molecule has 0 unspecified atom stereocenters. The zero-order chi connectivity index (χ0) is 42.0. The SMILES string of the molecule is CC(C)(C)OC(=O)N[C@@H](C=O)Cc1ccc(-c2ccccc2)cc1.CCOC(=O)/C(=C/[C@@H](Cc1ccc(-c2ccccc2)cc1)NC(=O)OC(C)(C)C)OC(C)=O. The summed E-state index contributed by atoms with van der Waals surface area (Å²) in [6, 6.07) is 34.5. The van der Waals surface area contributed by atoms with Gasteiger partial charge in [0.15, 0.2) is 0 Å². The third-order valence-electron chi connectivity index (χ3n) is 7.68. The second-order valence-electron chi connectivity index (χ2n) is 15.0. The molecule has 0 radical (unpaired) electrons. The fourth-order valence-corrected chi connectivity index (χ4v) is 5.32. The molecule has 0 bridgehead atoms. The van der Waals surface area contributed by atoms with Crippen LogP contribution in [-0.2, 0) is 46.2 Å². The van der Waals surface area contributed by atoms with Crippen LogP contribution in [0.5, 0.6) is 0 Å². The summed E-state index contributed by atoms with van der Waals surface area (Å²) in [4.78, 5) is 59.2. The highest BCUT2D eigenvalue weighted by Gasteiger charge is 2.23. The molecule has 302 valence electrons. The normalized spacial score (nSPS) is 12.4. The number of amides is 2. The third-order valence-corrected chi connectivity index (χ3v) is 7.68. The van der Waals surface area contributed by atoms with Gasteiger partial charge in [-0.25, -0.2) is 14.4 Å². The second kappa shape index (κ2) is 21.8. The topological polar surface area (TPSA) is 146 Å². The van der Waals surface area contributed by atoms with Crippen LogP contribution in [0.15, 0.2) is 121 Å². The zero-order valence-corrected chi connectivity index (χ0v) is 34.0. The molecule has 4 aromatic rings. The molecular weight excluding hydrogens is 725 g/mol. The van der Waals surface area contributed by atoms with E-state index in [1.807, 2.05) is 109 Å². The summed E-state index contributed by atoms with van der Waals surface area (Å²) in [5.74, 6) is -1.74. The number of nitrogens with one attached hydrogen (secondary N) is 2. The minimum Gasteiger partial charge on any atom is -0.460 e. The number of benzene rings is 4. The highest BCUT2D eigenvalue weighted by atomic mass is 16.6. The van der Waals surface area contributed by atoms with Crippen molar-refractivity contribution in [3.8, 4) is 22.3 Å². The predicted molar refractivity (Wildman–Crippen MR) is 220 cm³/mol. The molecule has 0 heterocycles. The van der Waals surface area contributed by atoms with Crippen LogP contribution in [0.1, 0.15) is 66.5 Å². The van der Waals surface area contributed by atoms with Crippen LogP contribution in [0.2, 0.25) is 0 Å². The Bertz CT molecular complexity index is 1930. The van der Waals surface area contributed by atoms with E-state index in [1.165, 1.54) is 13.0 Å². The van der Waals surface area contributed by atoms with E-state index in [2.05, 4.69) is 10.6 Å². The Morgan fingerprint density at radius 1 is 0.596 bits per heavy atom. The lowest BCUT2D eigenvalue weighted by Gasteiger charge is -2.23. The first kappa shape index (κ1) is 45.2. The van der Waals surface area contributed by atoms with Gasteiger partial charge in [-0.1, -0.05) is 109 Å². The Labute approximate surface area is 335 Å². The Kier molecular flexibility index (Phi) is 17.2. The summed E-state index contributed by atoms with van der Waals surface area (Å²) >= 11 is 0. The van der Waals surface area contributed by atoms with Crippen LogP contribution < -0.4 is 10.6 Å². The van der Waals surface area contributed by atoms with E-state index in [0.717, 1.165) is 39.7 Å². The van der Waals surface area contributed by atoms with E-state index in [9.17, 15) is 24.0 Å². The van der Waals surface area contributed by atoms with E-state index in [0.29, 0.717) is 12.8 Å². The largest absolute Gasteiger partial charge is 0.460 e. The first-order valence-electron chi connectivity index (χ1n) is 18.7. The molecule has 2 amide bonds. The lowest BCUT2D eigenvalue weighted by molar-refractivity contribution is -0.150. The number of aldehydes is 1. The molecule has 0 saturated carbocycles. The van der Waals surface area contributed by atoms with Crippen molar-refractivity contribution in [3.63, 3.8) is 0 Å². The van der Waals surface area contributed by atoms with Crippen molar-refractivity contribution < 1.29 is 42.9 Å². The molecular formula is C46H54N2O9. The van der Waals surface area contributed by atoms with Gasteiger partial charge >= 0.3 is 24.1 Å². The highest BCUT2D eigenvalue weighted by molar-refractivity contribution is 5.89. The number of esters is 2. The zero-order valence-electron chi connectivity index (χ0n) is 34.0. The van der Waals surface area contributed by atoms with E-state index in [-0.39, 0.29) is 12.4 Å². The van der Waals surface area contributed by atoms with Gasteiger partial charge in [0.25, 0.3) is 0 Å². The predicted octanol–water partition coefficient (Wildman–Crippen LogP) is 8.79. The Hall–Kier alpha value is -6.23. The first-order chi connectivity index (χ1) is 26.9. The van der Waals surface area contributed by atoms with Gasteiger partial charge in [0, 0.05) is 6.92 Å². The molecule has 11 nitrogen and oxygen atoms in total. The quantitative estimate of drug-likeness (QED) is 0.0447. The van der Waals surface area contributed by atoms with Gasteiger partial charge in [-0.3, -0.25) is 4.79 Å². The number of rotatable bonds is 13. The molecule has 2 atom stereocenters. The molecule has 11 heteroatoms. The van der Waals surface area contributed by atoms with Gasteiger partial charge in [-0.2, -0.15) is 0 Å². The lowest BCUT2D eigenvalue weighted by atomic mass is 10.0. The van der Waals surface area contributed by atoms with Crippen LogP contribution >= 0.6 is 0 Å². The summed E-state index contributed by atoms with van der Waals surface area (Å²) < 4.78 is 20.6. The minimum absolute atomic E-state index is 0.114. The summed E-state index contributed by atoms with van der Waals surface area (Å²) in [5, 5.41) is 5.32. The number of hydrogen-bond donors (Lipinski definition) is 2. The van der Waals surface area contributed by atoms with Crippen LogP contribution in [0, 0.1) is 0 Å². The van der Waals surface area contributed by atoms with Crippen molar-refractivity contribution in [1.29, 1.82) is 0 Å². The molecule has 0 aromatic heterocycles. The van der Waals surface area contributed by atoms with Gasteiger partial charge in [-0.15, -0.1) is 0 Å². The minimum atomic E-state index is -0.789. The fourth-order valence-electron chi connectivity index (χ4n) is 5.32. The van der Waals surface area contributed by atoms with Gasteiger partial charge < -0.3 is 34.4 Å². The summed E-state index contributed by atoms with van der Waals surface area (Å²) in [6.45, 7) is 13.6. The van der Waals surface area contributed by atoms with Gasteiger partial charge in [0.1, 0.15) is 17.5 Å². The van der Waals surface area contributed by atoms with Crippen LogP contribution in [0.4, 0.5) is 9.59 Å². The average molecular weight is 779 g/mol. The molecule has 0 spiro atoms. The van der Waals surface area contributed by atoms with Crippen molar-refractivity contribution >= 4 is 30.4 Å². The average Bonchev–Trinajstić information content (AvgIpc) is 3.14. The number of carbonyl (C=O) groups excluding carboxylic acids is 5. The Balaban J connectivity index is 0.000000321. The van der Waals surface area contributed by atoms with E-state index >= 15 is 0 Å². The maximum Gasteiger partial charge on any atom is 0.408 e. The molecule has 4 aromatic carbocycles. The standard InChI is InChI=1S/C26H31NO6.C20H23NO3/c1-6-31-24(29)23(32-18(2)28)17-22(27-25(30)33-26(3,4)5)16-19-12-14-21(15-13-19)20-10-8-7-9-11-20;1-20(2,3)24-19(23)21-18(14-22)13-15-9-11-17(12-10-15)16-7-5-4-6-8-16/h7-15,17,22H,6,16H2,1-5H3,(H,27,30);4-12,14,18H,13H2,1-3H3,(H,21,23)/b23-17-;/t22-;18-/m11/s1. The highest BCUT2D eigenvalue weighted by Crippen LogP contribution is 2.22. The van der Waals surface area contributed by atoms with Crippen LogP contribution in [0.3, 0.4) is 0 Å². The smallest absolute Gasteiger partial charge is 0.408 e. The van der Waals surface area contributed by atoms with Crippen LogP contribution in [-0.4, -0.2) is 60.3 Å².